The molecule has 24 heavy (non-hydrogen) atoms. The van der Waals surface area contributed by atoms with Crippen molar-refractivity contribution in [3.63, 3.8) is 0 Å². The maximum atomic E-state index is 12.3. The van der Waals surface area contributed by atoms with E-state index in [1.165, 1.54) is 18.5 Å². The van der Waals surface area contributed by atoms with Gasteiger partial charge in [-0.3, -0.25) is 4.79 Å². The van der Waals surface area contributed by atoms with Crippen LogP contribution >= 0.6 is 0 Å². The molecular weight excluding hydrogens is 302 g/mol. The summed E-state index contributed by atoms with van der Waals surface area (Å²) in [4.78, 5) is 17.0. The van der Waals surface area contributed by atoms with Gasteiger partial charge in [0.05, 0.1) is 37.4 Å². The van der Waals surface area contributed by atoms with Crippen LogP contribution in [0.1, 0.15) is 23.1 Å². The molecule has 1 fully saturated rings. The number of fused-ring (bicyclic) bond motifs is 1. The quantitative estimate of drug-likeness (QED) is 0.626. The van der Waals surface area contributed by atoms with E-state index in [1.807, 2.05) is 6.92 Å². The Bertz CT molecular complexity index is 748. The highest BCUT2D eigenvalue weighted by Gasteiger charge is 2.13. The number of aryl methyl sites for hydroxylation is 2. The van der Waals surface area contributed by atoms with Crippen LogP contribution in [0.5, 0.6) is 0 Å². The Morgan fingerprint density at radius 1 is 1.21 bits per heavy atom. The van der Waals surface area contributed by atoms with Crippen molar-refractivity contribution in [2.45, 2.75) is 26.8 Å². The minimum absolute atomic E-state index is 0.0475. The molecule has 4 N–H and O–H groups in total. The first kappa shape index (κ1) is 17.1. The topological polar surface area (TPSA) is 63.1 Å². The van der Waals surface area contributed by atoms with Crippen LogP contribution < -0.4 is 15.8 Å². The van der Waals surface area contributed by atoms with Crippen molar-refractivity contribution in [1.29, 1.82) is 0 Å². The van der Waals surface area contributed by atoms with Gasteiger partial charge in [0.1, 0.15) is 19.6 Å². The van der Waals surface area contributed by atoms with Gasteiger partial charge in [0.25, 0.3) is 5.56 Å². The van der Waals surface area contributed by atoms with E-state index in [0.29, 0.717) is 0 Å². The molecule has 0 saturated carbocycles. The molecule has 3 rings (SSSR count). The molecule has 5 heteroatoms. The van der Waals surface area contributed by atoms with Gasteiger partial charge in [0.2, 0.25) is 0 Å². The molecule has 1 aliphatic heterocycles. The second kappa shape index (κ2) is 7.92. The zero-order valence-corrected chi connectivity index (χ0v) is 14.8. The number of H-pyrrole nitrogens is 1. The molecule has 130 valence electrons. The highest BCUT2D eigenvalue weighted by atomic mass is 16.5. The largest absolute Gasteiger partial charge is 0.370 e. The molecule has 1 aliphatic rings. The van der Waals surface area contributed by atoms with Crippen LogP contribution in [0.3, 0.4) is 0 Å². The average molecular weight is 331 g/mol. The van der Waals surface area contributed by atoms with Crippen LogP contribution in [0.2, 0.25) is 0 Å². The summed E-state index contributed by atoms with van der Waals surface area (Å²) in [5, 5.41) is 3.41. The number of hydrogen-bond acceptors (Lipinski definition) is 2. The van der Waals surface area contributed by atoms with Gasteiger partial charge in [0.15, 0.2) is 0 Å². The summed E-state index contributed by atoms with van der Waals surface area (Å²) < 4.78 is 5.38. The van der Waals surface area contributed by atoms with Crippen molar-refractivity contribution in [2.75, 3.05) is 39.4 Å². The van der Waals surface area contributed by atoms with Crippen molar-refractivity contribution in [1.82, 2.24) is 4.98 Å². The molecule has 2 heterocycles. The lowest BCUT2D eigenvalue weighted by Crippen LogP contribution is -3.14. The Kier molecular flexibility index (Phi) is 5.66. The molecule has 1 aromatic carbocycles. The predicted octanol–water partition coefficient (Wildman–Crippen LogP) is -0.486. The molecule has 2 aromatic rings. The van der Waals surface area contributed by atoms with E-state index < -0.39 is 0 Å². The lowest BCUT2D eigenvalue weighted by atomic mass is 10.0. The molecule has 0 spiro atoms. The monoisotopic (exact) mass is 331 g/mol. The number of hydrogen-bond donors (Lipinski definition) is 3. The van der Waals surface area contributed by atoms with Gasteiger partial charge in [0, 0.05) is 11.8 Å². The van der Waals surface area contributed by atoms with E-state index in [2.05, 4.69) is 35.4 Å². The van der Waals surface area contributed by atoms with Crippen LogP contribution in [0, 0.1) is 13.8 Å². The second-order valence-electron chi connectivity index (χ2n) is 6.86. The Labute approximate surface area is 143 Å². The van der Waals surface area contributed by atoms with Gasteiger partial charge in [-0.2, -0.15) is 0 Å². The molecule has 1 aromatic heterocycles. The summed E-state index contributed by atoms with van der Waals surface area (Å²) in [5.41, 5.74) is 4.22. The maximum absolute atomic E-state index is 12.3. The van der Waals surface area contributed by atoms with Gasteiger partial charge in [-0.1, -0.05) is 12.1 Å². The standard InChI is InChI=1S/C19H27N3O2/c1-14-4-5-15(2)18-17(14)12-16(19(23)21-18)13-20-6-3-7-22-8-10-24-11-9-22/h4-5,12,20H,3,6-11,13H2,1-2H3,(H,21,23)/p+2. The summed E-state index contributed by atoms with van der Waals surface area (Å²) >= 11 is 0. The van der Waals surface area contributed by atoms with Gasteiger partial charge in [-0.05, 0) is 31.0 Å². The smallest absolute Gasteiger partial charge is 0.257 e. The first-order valence-corrected chi connectivity index (χ1v) is 9.00. The number of nitrogens with one attached hydrogen (secondary N) is 2. The highest BCUT2D eigenvalue weighted by Crippen LogP contribution is 2.19. The fourth-order valence-electron chi connectivity index (χ4n) is 3.43. The van der Waals surface area contributed by atoms with Crippen molar-refractivity contribution in [2.24, 2.45) is 0 Å². The predicted molar refractivity (Wildman–Crippen MR) is 95.5 cm³/mol. The lowest BCUT2D eigenvalue weighted by Gasteiger charge is -2.23. The van der Waals surface area contributed by atoms with E-state index in [4.69, 9.17) is 4.74 Å². The SMILES string of the molecule is Cc1ccc(C)c2[nH]c(=O)c(C[NH2+]CCC[NH+]3CCOCC3)cc12. The molecule has 0 radical (unpaired) electrons. The lowest BCUT2D eigenvalue weighted by molar-refractivity contribution is -0.909. The van der Waals surface area contributed by atoms with E-state index in [-0.39, 0.29) is 5.56 Å². The number of pyridine rings is 1. The number of aromatic amines is 1. The van der Waals surface area contributed by atoms with Gasteiger partial charge in [-0.25, -0.2) is 0 Å². The summed E-state index contributed by atoms with van der Waals surface area (Å²) in [7, 11) is 0. The molecule has 0 atom stereocenters. The van der Waals surface area contributed by atoms with Crippen LogP contribution in [-0.2, 0) is 11.3 Å². The van der Waals surface area contributed by atoms with E-state index in [9.17, 15) is 4.79 Å². The van der Waals surface area contributed by atoms with E-state index in [0.717, 1.165) is 61.4 Å². The molecule has 0 amide bonds. The van der Waals surface area contributed by atoms with Crippen LogP contribution in [-0.4, -0.2) is 44.4 Å². The van der Waals surface area contributed by atoms with Gasteiger partial charge >= 0.3 is 0 Å². The number of quaternary nitrogens is 2. The third-order valence-corrected chi connectivity index (χ3v) is 5.02. The summed E-state index contributed by atoms with van der Waals surface area (Å²) in [5.74, 6) is 0. The average Bonchev–Trinajstić information content (AvgIpc) is 2.60. The Morgan fingerprint density at radius 2 is 1.96 bits per heavy atom. The maximum Gasteiger partial charge on any atom is 0.257 e. The minimum atomic E-state index is 0.0475. The zero-order valence-electron chi connectivity index (χ0n) is 14.8. The zero-order chi connectivity index (χ0) is 16.9. The van der Waals surface area contributed by atoms with Crippen LogP contribution in [0.25, 0.3) is 10.9 Å². The normalized spacial score (nSPS) is 15.9. The fraction of sp³-hybridized carbons (Fsp3) is 0.526. The molecule has 1 saturated heterocycles. The van der Waals surface area contributed by atoms with E-state index in [1.54, 1.807) is 4.90 Å². The van der Waals surface area contributed by atoms with Crippen molar-refractivity contribution >= 4 is 10.9 Å². The van der Waals surface area contributed by atoms with Gasteiger partial charge in [-0.15, -0.1) is 0 Å². The number of benzene rings is 1. The number of rotatable bonds is 6. The van der Waals surface area contributed by atoms with E-state index >= 15 is 0 Å². The van der Waals surface area contributed by atoms with Crippen LogP contribution in [0.4, 0.5) is 0 Å². The van der Waals surface area contributed by atoms with Crippen molar-refractivity contribution < 1.29 is 15.0 Å². The van der Waals surface area contributed by atoms with Gasteiger partial charge < -0.3 is 19.9 Å². The Balaban J connectivity index is 1.56. The summed E-state index contributed by atoms with van der Waals surface area (Å²) in [6.45, 7) is 11.2. The highest BCUT2D eigenvalue weighted by molar-refractivity contribution is 5.85. The molecule has 0 bridgehead atoms. The minimum Gasteiger partial charge on any atom is -0.370 e. The summed E-state index contributed by atoms with van der Waals surface area (Å²) in [6.07, 6.45) is 1.18. The molecule has 0 aliphatic carbocycles. The molecular formula is C19H29N3O2+2. The first-order valence-electron chi connectivity index (χ1n) is 9.00. The number of ether oxygens (including phenoxy) is 1. The fourth-order valence-corrected chi connectivity index (χ4v) is 3.43. The Morgan fingerprint density at radius 3 is 2.75 bits per heavy atom. The Hall–Kier alpha value is -1.69. The number of aromatic nitrogens is 1. The number of nitrogens with two attached hydrogens (primary N) is 1. The third-order valence-electron chi connectivity index (χ3n) is 5.02. The third kappa shape index (κ3) is 4.04. The van der Waals surface area contributed by atoms with Crippen molar-refractivity contribution in [3.05, 3.63) is 45.2 Å². The van der Waals surface area contributed by atoms with Crippen LogP contribution in [0.15, 0.2) is 23.0 Å². The second-order valence-corrected chi connectivity index (χ2v) is 6.86. The number of morpholine rings is 1. The summed E-state index contributed by atoms with van der Waals surface area (Å²) in [6, 6.07) is 6.25. The molecule has 0 unspecified atom stereocenters. The first-order chi connectivity index (χ1) is 11.6. The molecule has 5 nitrogen and oxygen atoms in total. The van der Waals surface area contributed by atoms with Crippen molar-refractivity contribution in [3.8, 4) is 0 Å².